The van der Waals surface area contributed by atoms with Gasteiger partial charge in [0.05, 0.1) is 11.4 Å². The molecule has 1 aliphatic rings. The Labute approximate surface area is 172 Å². The van der Waals surface area contributed by atoms with E-state index in [1.165, 1.54) is 16.8 Å². The molecule has 4 heteroatoms. The summed E-state index contributed by atoms with van der Waals surface area (Å²) < 4.78 is 0. The quantitative estimate of drug-likeness (QED) is 0.542. The molecule has 4 rings (SSSR count). The second-order valence-electron chi connectivity index (χ2n) is 8.01. The van der Waals surface area contributed by atoms with Gasteiger partial charge in [-0.15, -0.1) is 0 Å². The molecular weight excluding hydrogens is 366 g/mol. The molecule has 0 aliphatic carbocycles. The molecule has 1 aromatic heterocycles. The summed E-state index contributed by atoms with van der Waals surface area (Å²) in [6.07, 6.45) is 0. The third-order valence-corrected chi connectivity index (χ3v) is 5.57. The Balaban J connectivity index is 1.76. The molecular formula is C24H26ClN3. The summed E-state index contributed by atoms with van der Waals surface area (Å²) in [6, 6.07) is 18.7. The monoisotopic (exact) mass is 391 g/mol. The third-order valence-electron chi connectivity index (χ3n) is 5.32. The minimum Gasteiger partial charge on any atom is -0.294 e. The SMILES string of the molecule is CC(C)c1nc(-c2ccc(Cl)cc2)c2c(n1)C(C)CN(Cc1ccccc1)C2. The lowest BCUT2D eigenvalue weighted by Crippen LogP contribution is -2.34. The number of benzene rings is 2. The zero-order valence-corrected chi connectivity index (χ0v) is 17.4. The van der Waals surface area contributed by atoms with Crippen LogP contribution in [0.3, 0.4) is 0 Å². The fourth-order valence-electron chi connectivity index (χ4n) is 3.91. The summed E-state index contributed by atoms with van der Waals surface area (Å²) in [5.41, 5.74) is 5.95. The molecule has 0 N–H and O–H groups in total. The second-order valence-corrected chi connectivity index (χ2v) is 8.45. The largest absolute Gasteiger partial charge is 0.294 e. The zero-order valence-electron chi connectivity index (χ0n) is 16.7. The fourth-order valence-corrected chi connectivity index (χ4v) is 4.04. The average molecular weight is 392 g/mol. The Kier molecular flexibility index (Phi) is 5.47. The number of halogens is 1. The molecule has 144 valence electrons. The molecule has 2 heterocycles. The summed E-state index contributed by atoms with van der Waals surface area (Å²) in [5, 5.41) is 0.745. The van der Waals surface area contributed by atoms with E-state index in [0.29, 0.717) is 11.8 Å². The third kappa shape index (κ3) is 3.96. The van der Waals surface area contributed by atoms with Crippen LogP contribution in [0.4, 0.5) is 0 Å². The first-order chi connectivity index (χ1) is 13.5. The van der Waals surface area contributed by atoms with E-state index in [9.17, 15) is 0 Å². The van der Waals surface area contributed by atoms with Crippen molar-refractivity contribution in [1.82, 2.24) is 14.9 Å². The summed E-state index contributed by atoms with van der Waals surface area (Å²) in [6.45, 7) is 9.40. The lowest BCUT2D eigenvalue weighted by atomic mass is 9.92. The lowest BCUT2D eigenvalue weighted by molar-refractivity contribution is 0.223. The van der Waals surface area contributed by atoms with Gasteiger partial charge in [-0.1, -0.05) is 74.8 Å². The predicted octanol–water partition coefficient (Wildman–Crippen LogP) is 6.04. The highest BCUT2D eigenvalue weighted by Gasteiger charge is 2.28. The number of hydrogen-bond acceptors (Lipinski definition) is 3. The number of aromatic nitrogens is 2. The Morgan fingerprint density at radius 1 is 1.04 bits per heavy atom. The van der Waals surface area contributed by atoms with Crippen molar-refractivity contribution < 1.29 is 0 Å². The van der Waals surface area contributed by atoms with Gasteiger partial charge in [-0.05, 0) is 17.7 Å². The van der Waals surface area contributed by atoms with Gasteiger partial charge in [-0.3, -0.25) is 4.90 Å². The molecule has 0 amide bonds. The van der Waals surface area contributed by atoms with Gasteiger partial charge in [-0.2, -0.15) is 0 Å². The van der Waals surface area contributed by atoms with Crippen LogP contribution in [0.1, 0.15) is 55.3 Å². The topological polar surface area (TPSA) is 29.0 Å². The molecule has 0 saturated heterocycles. The maximum atomic E-state index is 6.12. The van der Waals surface area contributed by atoms with E-state index in [0.717, 1.165) is 41.7 Å². The van der Waals surface area contributed by atoms with E-state index in [4.69, 9.17) is 21.6 Å². The molecule has 1 unspecified atom stereocenters. The molecule has 3 aromatic rings. The Bertz CT molecular complexity index is 952. The number of fused-ring (bicyclic) bond motifs is 1. The Hall–Kier alpha value is -2.23. The van der Waals surface area contributed by atoms with Crippen molar-refractivity contribution in [2.24, 2.45) is 0 Å². The second kappa shape index (κ2) is 8.02. The minimum atomic E-state index is 0.297. The van der Waals surface area contributed by atoms with Crippen molar-refractivity contribution in [3.05, 3.63) is 82.3 Å². The molecule has 0 spiro atoms. The van der Waals surface area contributed by atoms with Crippen LogP contribution < -0.4 is 0 Å². The minimum absolute atomic E-state index is 0.297. The number of rotatable bonds is 4. The molecule has 0 fully saturated rings. The smallest absolute Gasteiger partial charge is 0.131 e. The van der Waals surface area contributed by atoms with Crippen LogP contribution in [0.15, 0.2) is 54.6 Å². The van der Waals surface area contributed by atoms with Crippen LogP contribution in [0.2, 0.25) is 5.02 Å². The normalized spacial score (nSPS) is 17.0. The van der Waals surface area contributed by atoms with Gasteiger partial charge >= 0.3 is 0 Å². The van der Waals surface area contributed by atoms with Crippen LogP contribution in [0.5, 0.6) is 0 Å². The number of nitrogens with zero attached hydrogens (tertiary/aromatic N) is 3. The van der Waals surface area contributed by atoms with Crippen LogP contribution in [-0.4, -0.2) is 21.4 Å². The van der Waals surface area contributed by atoms with Gasteiger partial charge in [0.25, 0.3) is 0 Å². The van der Waals surface area contributed by atoms with Gasteiger partial charge in [0.1, 0.15) is 5.82 Å². The van der Waals surface area contributed by atoms with E-state index in [1.807, 2.05) is 12.1 Å². The van der Waals surface area contributed by atoms with E-state index in [2.05, 4.69) is 68.1 Å². The van der Waals surface area contributed by atoms with E-state index in [-0.39, 0.29) is 0 Å². The van der Waals surface area contributed by atoms with Gasteiger partial charge in [0.2, 0.25) is 0 Å². The summed E-state index contributed by atoms with van der Waals surface area (Å²) >= 11 is 6.12. The summed E-state index contributed by atoms with van der Waals surface area (Å²) in [4.78, 5) is 12.5. The first-order valence-electron chi connectivity index (χ1n) is 9.94. The first-order valence-corrected chi connectivity index (χ1v) is 10.3. The van der Waals surface area contributed by atoms with Crippen molar-refractivity contribution >= 4 is 11.6 Å². The highest BCUT2D eigenvalue weighted by Crippen LogP contribution is 2.35. The van der Waals surface area contributed by atoms with Crippen molar-refractivity contribution in [1.29, 1.82) is 0 Å². The predicted molar refractivity (Wildman–Crippen MR) is 116 cm³/mol. The molecule has 0 saturated carbocycles. The molecule has 0 bridgehead atoms. The highest BCUT2D eigenvalue weighted by molar-refractivity contribution is 6.30. The molecule has 1 atom stereocenters. The van der Waals surface area contributed by atoms with Gasteiger partial charge in [0.15, 0.2) is 0 Å². The van der Waals surface area contributed by atoms with E-state index < -0.39 is 0 Å². The standard InChI is InChI=1S/C24H26ClN3/c1-16(2)24-26-22-17(3)13-28(14-18-7-5-4-6-8-18)15-21(22)23(27-24)19-9-11-20(25)12-10-19/h4-12,16-17H,13-15H2,1-3H3. The van der Waals surface area contributed by atoms with Crippen molar-refractivity contribution in [3.63, 3.8) is 0 Å². The average Bonchev–Trinajstić information content (AvgIpc) is 2.69. The lowest BCUT2D eigenvalue weighted by Gasteiger charge is -2.34. The van der Waals surface area contributed by atoms with Gasteiger partial charge < -0.3 is 0 Å². The summed E-state index contributed by atoms with van der Waals surface area (Å²) in [5.74, 6) is 1.59. The molecule has 3 nitrogen and oxygen atoms in total. The first kappa shape index (κ1) is 19.1. The Morgan fingerprint density at radius 3 is 2.43 bits per heavy atom. The molecule has 2 aromatic carbocycles. The fraction of sp³-hybridized carbons (Fsp3) is 0.333. The van der Waals surface area contributed by atoms with Gasteiger partial charge in [0, 0.05) is 47.6 Å². The summed E-state index contributed by atoms with van der Waals surface area (Å²) in [7, 11) is 0. The van der Waals surface area contributed by atoms with Crippen LogP contribution in [0, 0.1) is 0 Å². The maximum Gasteiger partial charge on any atom is 0.131 e. The van der Waals surface area contributed by atoms with Gasteiger partial charge in [-0.25, -0.2) is 9.97 Å². The Morgan fingerprint density at radius 2 is 1.75 bits per heavy atom. The van der Waals surface area contributed by atoms with Crippen LogP contribution in [-0.2, 0) is 13.1 Å². The van der Waals surface area contributed by atoms with Crippen LogP contribution >= 0.6 is 11.6 Å². The molecule has 28 heavy (non-hydrogen) atoms. The highest BCUT2D eigenvalue weighted by atomic mass is 35.5. The van der Waals surface area contributed by atoms with Crippen LogP contribution in [0.25, 0.3) is 11.3 Å². The van der Waals surface area contributed by atoms with Crippen molar-refractivity contribution in [3.8, 4) is 11.3 Å². The molecule has 0 radical (unpaired) electrons. The molecule has 1 aliphatic heterocycles. The zero-order chi connectivity index (χ0) is 19.7. The number of hydrogen-bond donors (Lipinski definition) is 0. The van der Waals surface area contributed by atoms with E-state index >= 15 is 0 Å². The van der Waals surface area contributed by atoms with E-state index in [1.54, 1.807) is 0 Å². The van der Waals surface area contributed by atoms with Crippen molar-refractivity contribution in [2.75, 3.05) is 6.54 Å². The maximum absolute atomic E-state index is 6.12. The van der Waals surface area contributed by atoms with Crippen molar-refractivity contribution in [2.45, 2.75) is 45.7 Å².